The van der Waals surface area contributed by atoms with Crippen molar-refractivity contribution in [2.24, 2.45) is 0 Å². The molecule has 0 fully saturated rings. The molecule has 0 N–H and O–H groups in total. The normalized spacial score (nSPS) is 9.55. The quantitative estimate of drug-likeness (QED) is 0.569. The van der Waals surface area contributed by atoms with E-state index in [1.165, 1.54) is 5.56 Å². The molecule has 56 valence electrons. The molecule has 0 saturated heterocycles. The molecule has 0 aromatic heterocycles. The first kappa shape index (κ1) is 8.06. The van der Waals surface area contributed by atoms with Crippen molar-refractivity contribution in [2.45, 2.75) is 13.3 Å². The van der Waals surface area contributed by atoms with Crippen LogP contribution in [0.1, 0.15) is 22.8 Å². The third kappa shape index (κ3) is 1.94. The number of benzene rings is 1. The van der Waals surface area contributed by atoms with Gasteiger partial charge in [-0.1, -0.05) is 31.2 Å². The highest BCUT2D eigenvalue weighted by Gasteiger charge is 1.96. The monoisotopic (exact) mass is 146 g/mol. The van der Waals surface area contributed by atoms with Crippen molar-refractivity contribution in [2.75, 3.05) is 0 Å². The molecule has 0 aliphatic rings. The Morgan fingerprint density at radius 3 is 2.27 bits per heavy atom. The molecule has 1 nitrogen and oxygen atoms in total. The van der Waals surface area contributed by atoms with Crippen LogP contribution < -0.4 is 0 Å². The third-order valence-electron chi connectivity index (χ3n) is 1.77. The highest BCUT2D eigenvalue weighted by Crippen LogP contribution is 2.04. The second-order valence-electron chi connectivity index (χ2n) is 2.61. The number of carbonyl (C=O) groups is 1. The van der Waals surface area contributed by atoms with Gasteiger partial charge in [0.1, 0.15) is 5.68 Å². The fraction of sp³-hybridized carbons (Fsp3) is 0.222. The fourth-order valence-electron chi connectivity index (χ4n) is 0.975. The van der Waals surface area contributed by atoms with Crippen LogP contribution in [-0.2, 0) is 6.42 Å². The van der Waals surface area contributed by atoms with Gasteiger partial charge < -0.3 is 4.79 Å². The number of carbonyl (C=O) groups excluding carboxylic acids is 1. The highest BCUT2D eigenvalue weighted by atomic mass is 16.1. The van der Waals surface area contributed by atoms with Crippen molar-refractivity contribution >= 4 is 13.5 Å². The van der Waals surface area contributed by atoms with Crippen LogP contribution in [0.25, 0.3) is 0 Å². The Labute approximate surface area is 67.8 Å². The zero-order chi connectivity index (χ0) is 8.27. The molecule has 0 bridgehead atoms. The molecule has 11 heavy (non-hydrogen) atoms. The van der Waals surface area contributed by atoms with Gasteiger partial charge >= 0.3 is 0 Å². The molecule has 0 radical (unpaired) electrons. The molecule has 0 aliphatic carbocycles. The lowest BCUT2D eigenvalue weighted by atomic mass is 9.94. The second-order valence-corrected chi connectivity index (χ2v) is 2.61. The van der Waals surface area contributed by atoms with E-state index in [-0.39, 0.29) is 5.68 Å². The van der Waals surface area contributed by atoms with Gasteiger partial charge in [-0.2, -0.15) is 0 Å². The van der Waals surface area contributed by atoms with Gasteiger partial charge in [-0.05, 0) is 12.0 Å². The van der Waals surface area contributed by atoms with Crippen LogP contribution in [0, 0.1) is 0 Å². The summed E-state index contributed by atoms with van der Waals surface area (Å²) in [4.78, 5) is 10.8. The second kappa shape index (κ2) is 3.38. The van der Waals surface area contributed by atoms with Gasteiger partial charge in [0.25, 0.3) is 0 Å². The van der Waals surface area contributed by atoms with E-state index in [9.17, 15) is 4.79 Å². The molecule has 1 aromatic rings. The van der Waals surface area contributed by atoms with E-state index in [4.69, 9.17) is 0 Å². The number of hydrogen-bond acceptors (Lipinski definition) is 1. The Bertz CT molecular complexity index is 251. The van der Waals surface area contributed by atoms with Crippen molar-refractivity contribution < 1.29 is 4.79 Å². The largest absolute Gasteiger partial charge is 0.307 e. The fourth-order valence-corrected chi connectivity index (χ4v) is 0.975. The average Bonchev–Trinajstić information content (AvgIpc) is 2.05. The van der Waals surface area contributed by atoms with Crippen molar-refractivity contribution in [1.82, 2.24) is 0 Å². The third-order valence-corrected chi connectivity index (χ3v) is 1.77. The van der Waals surface area contributed by atoms with Gasteiger partial charge in [-0.15, -0.1) is 0 Å². The Morgan fingerprint density at radius 1 is 1.36 bits per heavy atom. The Balaban J connectivity index is 2.91. The highest BCUT2D eigenvalue weighted by molar-refractivity contribution is 6.62. The van der Waals surface area contributed by atoms with Crippen LogP contribution in [0.3, 0.4) is 0 Å². The SMILES string of the molecule is BC(=O)c1ccc(CC)cc1. The summed E-state index contributed by atoms with van der Waals surface area (Å²) in [5, 5.41) is 0. The van der Waals surface area contributed by atoms with Crippen molar-refractivity contribution in [3.8, 4) is 0 Å². The summed E-state index contributed by atoms with van der Waals surface area (Å²) in [6.45, 7) is 2.10. The Hall–Kier alpha value is -1.05. The predicted molar refractivity (Wildman–Crippen MR) is 48.7 cm³/mol. The standard InChI is InChI=1S/C9H11BO/c1-2-7-3-5-8(6-4-7)9(10)11/h3-6H,2,10H2,1H3. The number of aryl methyl sites for hydroxylation is 1. The van der Waals surface area contributed by atoms with Crippen LogP contribution in [-0.4, -0.2) is 13.5 Å². The van der Waals surface area contributed by atoms with E-state index < -0.39 is 0 Å². The summed E-state index contributed by atoms with van der Waals surface area (Å²) in [5.41, 5.74) is 2.20. The summed E-state index contributed by atoms with van der Waals surface area (Å²) in [5.74, 6) is 0. The Morgan fingerprint density at radius 2 is 1.91 bits per heavy atom. The summed E-state index contributed by atoms with van der Waals surface area (Å²) < 4.78 is 0. The lowest BCUT2D eigenvalue weighted by Gasteiger charge is -1.97. The minimum absolute atomic E-state index is 0.132. The molecule has 0 spiro atoms. The van der Waals surface area contributed by atoms with Crippen LogP contribution >= 0.6 is 0 Å². The molecular weight excluding hydrogens is 135 g/mol. The van der Waals surface area contributed by atoms with Crippen molar-refractivity contribution in [3.63, 3.8) is 0 Å². The van der Waals surface area contributed by atoms with Gasteiger partial charge in [-0.3, -0.25) is 0 Å². The molecule has 2 heteroatoms. The first-order valence-electron chi connectivity index (χ1n) is 3.84. The Kier molecular flexibility index (Phi) is 2.47. The van der Waals surface area contributed by atoms with Crippen LogP contribution in [0.15, 0.2) is 24.3 Å². The van der Waals surface area contributed by atoms with E-state index in [1.807, 2.05) is 24.3 Å². The van der Waals surface area contributed by atoms with Gasteiger partial charge in [0.2, 0.25) is 0 Å². The molecular formula is C9H11BO. The van der Waals surface area contributed by atoms with Crippen molar-refractivity contribution in [3.05, 3.63) is 35.4 Å². The molecule has 0 aliphatic heterocycles. The topological polar surface area (TPSA) is 17.1 Å². The lowest BCUT2D eigenvalue weighted by Crippen LogP contribution is -1.96. The van der Waals surface area contributed by atoms with Gasteiger partial charge in [0.05, 0.1) is 0 Å². The zero-order valence-electron chi connectivity index (χ0n) is 6.92. The summed E-state index contributed by atoms with van der Waals surface area (Å²) >= 11 is 0. The molecule has 0 amide bonds. The first-order valence-corrected chi connectivity index (χ1v) is 3.84. The van der Waals surface area contributed by atoms with Gasteiger partial charge in [-0.25, -0.2) is 0 Å². The average molecular weight is 146 g/mol. The molecule has 0 atom stereocenters. The maximum Gasteiger partial charge on any atom is 0.193 e. The number of hydrogen-bond donors (Lipinski definition) is 0. The zero-order valence-corrected chi connectivity index (χ0v) is 6.92. The van der Waals surface area contributed by atoms with E-state index in [2.05, 4.69) is 6.92 Å². The molecule has 0 unspecified atom stereocenters. The predicted octanol–water partition coefficient (Wildman–Crippen LogP) is 1.02. The van der Waals surface area contributed by atoms with Crippen LogP contribution in [0.5, 0.6) is 0 Å². The smallest absolute Gasteiger partial charge is 0.193 e. The maximum absolute atomic E-state index is 10.8. The lowest BCUT2D eigenvalue weighted by molar-refractivity contribution is 0.108. The minimum atomic E-state index is 0.132. The molecule has 1 rings (SSSR count). The summed E-state index contributed by atoms with van der Waals surface area (Å²) in [6, 6.07) is 7.75. The van der Waals surface area contributed by atoms with E-state index in [1.54, 1.807) is 7.85 Å². The van der Waals surface area contributed by atoms with E-state index in [0.29, 0.717) is 0 Å². The van der Waals surface area contributed by atoms with Gasteiger partial charge in [0.15, 0.2) is 7.85 Å². The number of rotatable bonds is 2. The van der Waals surface area contributed by atoms with Crippen LogP contribution in [0.2, 0.25) is 0 Å². The van der Waals surface area contributed by atoms with Crippen LogP contribution in [0.4, 0.5) is 0 Å². The molecule has 1 aromatic carbocycles. The first-order chi connectivity index (χ1) is 5.24. The molecule has 0 heterocycles. The summed E-state index contributed by atoms with van der Waals surface area (Å²) in [7, 11) is 1.58. The molecule has 0 saturated carbocycles. The minimum Gasteiger partial charge on any atom is -0.307 e. The van der Waals surface area contributed by atoms with E-state index in [0.717, 1.165) is 12.0 Å². The summed E-state index contributed by atoms with van der Waals surface area (Å²) in [6.07, 6.45) is 1.03. The van der Waals surface area contributed by atoms with Gasteiger partial charge in [0, 0.05) is 5.56 Å². The van der Waals surface area contributed by atoms with E-state index >= 15 is 0 Å². The van der Waals surface area contributed by atoms with Crippen molar-refractivity contribution in [1.29, 1.82) is 0 Å². The maximum atomic E-state index is 10.8.